The zero-order chi connectivity index (χ0) is 44.2. The number of carbonyl (C=O) groups is 5. The van der Waals surface area contributed by atoms with Gasteiger partial charge in [-0.1, -0.05) is 24.3 Å². The first kappa shape index (κ1) is 42.9. The Morgan fingerprint density at radius 2 is 1.59 bits per heavy atom. The third-order valence-corrected chi connectivity index (χ3v) is 13.8. The van der Waals surface area contributed by atoms with Crippen molar-refractivity contribution in [2.45, 2.75) is 74.9 Å². The number of nitrogens with zero attached hydrogens (tertiary/aromatic N) is 8. The number of anilines is 1. The molecule has 3 fully saturated rings. The molecule has 6 heterocycles. The van der Waals surface area contributed by atoms with Gasteiger partial charge in [-0.2, -0.15) is 5.10 Å². The standard InChI is InChI=1S/C47H52N10O6S/c48-44-42-43(31-15-17-34(18-16-31)63-33-9-2-1-3-10-33)52-57(45(42)50-30-49-44)32-8-5-22-55(28-32)41(60)13-6-21-53-23-25-54(26-24-53)40(59)14-7-27-64-38-12-4-11-35-36(38)29-56(47(35)62)37-19-20-39(58)51-46(37)61/h1-4,9-12,15-18,30,32,37H,5-8,13-14,19-29H2,(H2,48,49,50)(H,51,58,61). The Bertz CT molecular complexity index is 2540. The van der Waals surface area contributed by atoms with Crippen molar-refractivity contribution in [2.75, 3.05) is 57.3 Å². The first-order chi connectivity index (χ1) is 31.2. The molecular formula is C47H52N10O6S. The quantitative estimate of drug-likeness (QED) is 0.0835. The van der Waals surface area contributed by atoms with E-state index in [2.05, 4.69) is 20.2 Å². The number of imide groups is 1. The summed E-state index contributed by atoms with van der Waals surface area (Å²) < 4.78 is 7.92. The molecule has 3 aromatic carbocycles. The fourth-order valence-electron chi connectivity index (χ4n) is 9.23. The number of piperidine rings is 2. The number of hydrogen-bond acceptors (Lipinski definition) is 12. The average Bonchev–Trinajstić information content (AvgIpc) is 3.87. The third-order valence-electron chi connectivity index (χ3n) is 12.6. The Morgan fingerprint density at radius 3 is 2.39 bits per heavy atom. The van der Waals surface area contributed by atoms with Crippen LogP contribution < -0.4 is 15.8 Å². The van der Waals surface area contributed by atoms with Gasteiger partial charge in [0.1, 0.15) is 35.4 Å². The topological polar surface area (TPSA) is 189 Å². The molecule has 0 spiro atoms. The van der Waals surface area contributed by atoms with Gasteiger partial charge in [-0.3, -0.25) is 34.2 Å². The van der Waals surface area contributed by atoms with Gasteiger partial charge in [0.15, 0.2) is 5.65 Å². The minimum Gasteiger partial charge on any atom is -0.457 e. The minimum absolute atomic E-state index is 0.0595. The molecule has 9 rings (SSSR count). The highest BCUT2D eigenvalue weighted by atomic mass is 32.2. The highest BCUT2D eigenvalue weighted by Gasteiger charge is 2.40. The average molecular weight is 885 g/mol. The number of ether oxygens (including phenoxy) is 1. The van der Waals surface area contributed by atoms with Gasteiger partial charge in [-0.15, -0.1) is 11.8 Å². The van der Waals surface area contributed by atoms with E-state index in [4.69, 9.17) is 15.6 Å². The number of aromatic nitrogens is 4. The van der Waals surface area contributed by atoms with Crippen LogP contribution in [0.5, 0.6) is 11.5 Å². The molecule has 5 aromatic rings. The van der Waals surface area contributed by atoms with Crippen molar-refractivity contribution in [3.05, 3.63) is 90.3 Å². The summed E-state index contributed by atoms with van der Waals surface area (Å²) in [5.41, 5.74) is 10.1. The van der Waals surface area contributed by atoms with Gasteiger partial charge in [-0.05, 0) is 98.5 Å². The summed E-state index contributed by atoms with van der Waals surface area (Å²) in [7, 11) is 0. The molecule has 2 atom stereocenters. The molecule has 332 valence electrons. The number of piperazine rings is 1. The zero-order valence-electron chi connectivity index (χ0n) is 35.7. The van der Waals surface area contributed by atoms with Crippen molar-refractivity contribution in [3.63, 3.8) is 0 Å². The predicted molar refractivity (Wildman–Crippen MR) is 241 cm³/mol. The molecule has 3 N–H and O–H groups in total. The van der Waals surface area contributed by atoms with Crippen molar-refractivity contribution in [2.24, 2.45) is 0 Å². The first-order valence-corrected chi connectivity index (χ1v) is 23.2. The van der Waals surface area contributed by atoms with Crippen molar-refractivity contribution in [1.29, 1.82) is 0 Å². The maximum absolute atomic E-state index is 13.6. The second-order valence-electron chi connectivity index (χ2n) is 16.8. The summed E-state index contributed by atoms with van der Waals surface area (Å²) in [6.45, 7) is 5.25. The Balaban J connectivity index is 0.711. The number of benzene rings is 3. The third kappa shape index (κ3) is 9.31. The molecule has 2 aromatic heterocycles. The van der Waals surface area contributed by atoms with E-state index in [1.807, 2.05) is 81.2 Å². The molecule has 4 aliphatic heterocycles. The van der Waals surface area contributed by atoms with Crippen LogP contribution in [0.25, 0.3) is 22.3 Å². The number of likely N-dealkylation sites (tertiary alicyclic amines) is 1. The number of carbonyl (C=O) groups excluding carboxylic acids is 5. The van der Waals surface area contributed by atoms with Gasteiger partial charge in [0, 0.05) is 81.1 Å². The van der Waals surface area contributed by atoms with E-state index in [0.29, 0.717) is 92.3 Å². The fraction of sp³-hybridized carbons (Fsp3) is 0.404. The largest absolute Gasteiger partial charge is 0.457 e. The number of nitrogen functional groups attached to an aromatic ring is 1. The van der Waals surface area contributed by atoms with Crippen LogP contribution in [0.3, 0.4) is 0 Å². The molecular weight excluding hydrogens is 833 g/mol. The summed E-state index contributed by atoms with van der Waals surface area (Å²) in [5.74, 6) is 1.91. The summed E-state index contributed by atoms with van der Waals surface area (Å²) >= 11 is 1.63. The second-order valence-corrected chi connectivity index (χ2v) is 17.9. The monoisotopic (exact) mass is 884 g/mol. The number of fused-ring (bicyclic) bond motifs is 2. The lowest BCUT2D eigenvalue weighted by Crippen LogP contribution is -2.52. The summed E-state index contributed by atoms with van der Waals surface area (Å²) in [4.78, 5) is 81.7. The molecule has 3 saturated heterocycles. The van der Waals surface area contributed by atoms with Gasteiger partial charge >= 0.3 is 0 Å². The second kappa shape index (κ2) is 19.2. The van der Waals surface area contributed by atoms with Gasteiger partial charge in [0.2, 0.25) is 23.6 Å². The maximum Gasteiger partial charge on any atom is 0.255 e. The Morgan fingerprint density at radius 1 is 0.828 bits per heavy atom. The normalized spacial score (nSPS) is 19.2. The smallest absolute Gasteiger partial charge is 0.255 e. The fourth-order valence-corrected chi connectivity index (χ4v) is 10.3. The summed E-state index contributed by atoms with van der Waals surface area (Å²) in [6, 6.07) is 22.3. The van der Waals surface area contributed by atoms with Crippen molar-refractivity contribution in [1.82, 2.24) is 44.7 Å². The number of amides is 5. The molecule has 64 heavy (non-hydrogen) atoms. The van der Waals surface area contributed by atoms with Crippen molar-refractivity contribution < 1.29 is 28.7 Å². The maximum atomic E-state index is 13.6. The van der Waals surface area contributed by atoms with E-state index in [0.717, 1.165) is 66.4 Å². The van der Waals surface area contributed by atoms with Crippen LogP contribution >= 0.6 is 11.8 Å². The summed E-state index contributed by atoms with van der Waals surface area (Å²) in [6.07, 6.45) is 6.07. The van der Waals surface area contributed by atoms with Crippen molar-refractivity contribution in [3.8, 4) is 22.8 Å². The van der Waals surface area contributed by atoms with E-state index in [1.165, 1.54) is 6.33 Å². The van der Waals surface area contributed by atoms with E-state index in [1.54, 1.807) is 22.7 Å². The molecule has 4 aliphatic rings. The van der Waals surface area contributed by atoms with Crippen LogP contribution in [0, 0.1) is 0 Å². The molecule has 17 heteroatoms. The number of nitrogens with one attached hydrogen (secondary N) is 1. The van der Waals surface area contributed by atoms with Gasteiger partial charge in [-0.25, -0.2) is 14.6 Å². The van der Waals surface area contributed by atoms with Gasteiger partial charge in [0.25, 0.3) is 5.91 Å². The van der Waals surface area contributed by atoms with Gasteiger partial charge < -0.3 is 25.2 Å². The highest BCUT2D eigenvalue weighted by Crippen LogP contribution is 2.37. The van der Waals surface area contributed by atoms with Crippen LogP contribution in [0.15, 0.2) is 84.0 Å². The van der Waals surface area contributed by atoms with Crippen LogP contribution in [0.2, 0.25) is 0 Å². The lowest BCUT2D eigenvalue weighted by molar-refractivity contribution is -0.137. The zero-order valence-corrected chi connectivity index (χ0v) is 36.5. The molecule has 0 bridgehead atoms. The van der Waals surface area contributed by atoms with Crippen LogP contribution in [0.4, 0.5) is 5.82 Å². The molecule has 5 amide bonds. The molecule has 2 unspecified atom stereocenters. The van der Waals surface area contributed by atoms with E-state index in [-0.39, 0.29) is 36.1 Å². The predicted octanol–water partition coefficient (Wildman–Crippen LogP) is 5.29. The van der Waals surface area contributed by atoms with Crippen LogP contribution in [0.1, 0.15) is 73.3 Å². The number of para-hydroxylation sites is 1. The molecule has 16 nitrogen and oxygen atoms in total. The SMILES string of the molecule is Nc1ncnc2c1c(-c1ccc(Oc3ccccc3)cc1)nn2C1CCCN(C(=O)CCCN2CCN(C(=O)CCCSc3cccc4c3CN(C3CCC(=O)NC3=O)C4=O)CC2)C1. The molecule has 0 radical (unpaired) electrons. The molecule has 0 saturated carbocycles. The highest BCUT2D eigenvalue weighted by molar-refractivity contribution is 7.99. The minimum atomic E-state index is -0.648. The Hall–Kier alpha value is -6.33. The number of rotatable bonds is 14. The number of hydrogen-bond donors (Lipinski definition) is 2. The van der Waals surface area contributed by atoms with E-state index < -0.39 is 11.9 Å². The van der Waals surface area contributed by atoms with Crippen LogP contribution in [-0.4, -0.2) is 126 Å². The lowest BCUT2D eigenvalue weighted by Gasteiger charge is -2.35. The Labute approximate surface area is 375 Å². The van der Waals surface area contributed by atoms with E-state index >= 15 is 0 Å². The number of nitrogens with two attached hydrogens (primary N) is 1. The van der Waals surface area contributed by atoms with Crippen molar-refractivity contribution >= 4 is 58.1 Å². The van der Waals surface area contributed by atoms with E-state index in [9.17, 15) is 24.0 Å². The lowest BCUT2D eigenvalue weighted by atomic mass is 10.0. The number of thioether (sulfide) groups is 1. The Kier molecular flexibility index (Phi) is 12.9. The first-order valence-electron chi connectivity index (χ1n) is 22.2. The molecule has 0 aliphatic carbocycles. The van der Waals surface area contributed by atoms with Gasteiger partial charge in [0.05, 0.1) is 11.4 Å². The van der Waals surface area contributed by atoms with Crippen LogP contribution in [-0.2, 0) is 25.7 Å². The summed E-state index contributed by atoms with van der Waals surface area (Å²) in [5, 5.41) is 8.10.